The van der Waals surface area contributed by atoms with Gasteiger partial charge in [-0.1, -0.05) is 6.07 Å². The molecule has 2 heterocycles. The summed E-state index contributed by atoms with van der Waals surface area (Å²) in [6.45, 7) is 5.48. The zero-order valence-corrected chi connectivity index (χ0v) is 11.6. The van der Waals surface area contributed by atoms with E-state index in [0.717, 1.165) is 19.4 Å². The van der Waals surface area contributed by atoms with Crippen molar-refractivity contribution in [2.75, 3.05) is 6.54 Å². The van der Waals surface area contributed by atoms with Crippen molar-refractivity contribution in [2.45, 2.75) is 57.8 Å². The first-order valence-corrected chi connectivity index (χ1v) is 7.53. The fourth-order valence-corrected chi connectivity index (χ4v) is 3.35. The van der Waals surface area contributed by atoms with Crippen LogP contribution in [0.3, 0.4) is 0 Å². The highest BCUT2D eigenvalue weighted by atomic mass is 32.1. The molecular weight excluding hydrogens is 230 g/mol. The average Bonchev–Trinajstić information content (AvgIpc) is 2.76. The predicted molar refractivity (Wildman–Crippen MR) is 73.7 cm³/mol. The Kier molecular flexibility index (Phi) is 5.01. The quantitative estimate of drug-likeness (QED) is 0.814. The van der Waals surface area contributed by atoms with Crippen LogP contribution in [0.1, 0.15) is 38.0 Å². The fraction of sp³-hybridized carbons (Fsp3) is 0.714. The third-order valence-corrected chi connectivity index (χ3v) is 4.25. The van der Waals surface area contributed by atoms with Gasteiger partial charge in [0.05, 0.1) is 12.2 Å². The van der Waals surface area contributed by atoms with E-state index in [4.69, 9.17) is 4.74 Å². The Hall–Kier alpha value is -0.380. The van der Waals surface area contributed by atoms with Crippen LogP contribution in [0.4, 0.5) is 0 Å². The molecule has 0 aromatic carbocycles. The van der Waals surface area contributed by atoms with E-state index in [2.05, 4.69) is 36.7 Å². The van der Waals surface area contributed by atoms with Gasteiger partial charge >= 0.3 is 0 Å². The van der Waals surface area contributed by atoms with Gasteiger partial charge in [0.15, 0.2) is 0 Å². The second-order valence-electron chi connectivity index (χ2n) is 5.06. The molecule has 0 bridgehead atoms. The second-order valence-corrected chi connectivity index (χ2v) is 6.09. The Bertz CT molecular complexity index is 302. The van der Waals surface area contributed by atoms with Gasteiger partial charge in [-0.2, -0.15) is 0 Å². The molecule has 1 aliphatic rings. The highest BCUT2D eigenvalue weighted by Gasteiger charge is 2.23. The van der Waals surface area contributed by atoms with Crippen LogP contribution in [0.5, 0.6) is 0 Å². The minimum Gasteiger partial charge on any atom is -0.375 e. The summed E-state index contributed by atoms with van der Waals surface area (Å²) >= 11 is 1.86. The Morgan fingerprint density at radius 1 is 1.35 bits per heavy atom. The van der Waals surface area contributed by atoms with Crippen LogP contribution in [0.2, 0.25) is 0 Å². The predicted octanol–water partition coefficient (Wildman–Crippen LogP) is 3.23. The minimum absolute atomic E-state index is 0.411. The highest BCUT2D eigenvalue weighted by molar-refractivity contribution is 7.09. The zero-order valence-electron chi connectivity index (χ0n) is 10.8. The van der Waals surface area contributed by atoms with E-state index in [0.29, 0.717) is 18.2 Å². The van der Waals surface area contributed by atoms with Gasteiger partial charge in [0.25, 0.3) is 0 Å². The molecule has 1 aliphatic heterocycles. The molecule has 2 rings (SSSR count). The van der Waals surface area contributed by atoms with E-state index < -0.39 is 0 Å². The van der Waals surface area contributed by atoms with E-state index in [1.165, 1.54) is 17.7 Å². The molecule has 0 aliphatic carbocycles. The molecule has 2 nitrogen and oxygen atoms in total. The van der Waals surface area contributed by atoms with Gasteiger partial charge in [0.2, 0.25) is 0 Å². The molecule has 2 unspecified atom stereocenters. The largest absolute Gasteiger partial charge is 0.375 e. The summed E-state index contributed by atoms with van der Waals surface area (Å²) in [7, 11) is 0. The molecule has 1 N–H and O–H groups in total. The van der Waals surface area contributed by atoms with E-state index >= 15 is 0 Å². The summed E-state index contributed by atoms with van der Waals surface area (Å²) in [5.74, 6) is 0. The SMILES string of the molecule is CC1CC(NCCCc2cccs2)CC(C)O1. The molecule has 96 valence electrons. The first-order valence-electron chi connectivity index (χ1n) is 6.65. The molecule has 0 spiro atoms. The van der Waals surface area contributed by atoms with Crippen molar-refractivity contribution in [2.24, 2.45) is 0 Å². The molecule has 1 saturated heterocycles. The Morgan fingerprint density at radius 2 is 2.12 bits per heavy atom. The number of rotatable bonds is 5. The number of thiophene rings is 1. The van der Waals surface area contributed by atoms with Crippen LogP contribution in [0.15, 0.2) is 17.5 Å². The van der Waals surface area contributed by atoms with Crippen LogP contribution < -0.4 is 5.32 Å². The van der Waals surface area contributed by atoms with Gasteiger partial charge in [-0.15, -0.1) is 11.3 Å². The van der Waals surface area contributed by atoms with E-state index in [1.54, 1.807) is 0 Å². The van der Waals surface area contributed by atoms with Crippen molar-refractivity contribution in [3.05, 3.63) is 22.4 Å². The summed E-state index contributed by atoms with van der Waals surface area (Å²) in [6.07, 6.45) is 5.58. The molecule has 3 heteroatoms. The molecule has 17 heavy (non-hydrogen) atoms. The lowest BCUT2D eigenvalue weighted by Crippen LogP contribution is -2.41. The zero-order chi connectivity index (χ0) is 12.1. The molecule has 1 fully saturated rings. The fourth-order valence-electron chi connectivity index (χ4n) is 2.60. The first kappa shape index (κ1) is 13.1. The van der Waals surface area contributed by atoms with E-state index in [1.807, 2.05) is 11.3 Å². The smallest absolute Gasteiger partial charge is 0.0565 e. The van der Waals surface area contributed by atoms with Crippen molar-refractivity contribution in [1.29, 1.82) is 0 Å². The standard InChI is InChI=1S/C14H23NOS/c1-11-9-13(10-12(2)16-11)15-7-3-5-14-6-4-8-17-14/h4,6,8,11-13,15H,3,5,7,9-10H2,1-2H3. The Morgan fingerprint density at radius 3 is 2.76 bits per heavy atom. The Balaban J connectivity index is 1.61. The maximum Gasteiger partial charge on any atom is 0.0565 e. The Labute approximate surface area is 108 Å². The number of aryl methyl sites for hydroxylation is 1. The van der Waals surface area contributed by atoms with Crippen molar-refractivity contribution < 1.29 is 4.74 Å². The van der Waals surface area contributed by atoms with Crippen molar-refractivity contribution in [1.82, 2.24) is 5.32 Å². The maximum absolute atomic E-state index is 5.74. The lowest BCUT2D eigenvalue weighted by Gasteiger charge is -2.32. The van der Waals surface area contributed by atoms with Crippen LogP contribution in [-0.2, 0) is 11.2 Å². The molecule has 0 radical (unpaired) electrons. The molecule has 0 amide bonds. The summed E-state index contributed by atoms with van der Waals surface area (Å²) < 4.78 is 5.74. The third kappa shape index (κ3) is 4.41. The third-order valence-electron chi connectivity index (χ3n) is 3.31. The number of hydrogen-bond acceptors (Lipinski definition) is 3. The van der Waals surface area contributed by atoms with Crippen LogP contribution >= 0.6 is 11.3 Å². The highest BCUT2D eigenvalue weighted by Crippen LogP contribution is 2.19. The van der Waals surface area contributed by atoms with Crippen molar-refractivity contribution >= 4 is 11.3 Å². The van der Waals surface area contributed by atoms with E-state index in [9.17, 15) is 0 Å². The van der Waals surface area contributed by atoms with E-state index in [-0.39, 0.29) is 0 Å². The average molecular weight is 253 g/mol. The summed E-state index contributed by atoms with van der Waals surface area (Å²) in [5, 5.41) is 5.83. The van der Waals surface area contributed by atoms with Gasteiger partial charge in [-0.25, -0.2) is 0 Å². The van der Waals surface area contributed by atoms with Crippen LogP contribution in [0.25, 0.3) is 0 Å². The van der Waals surface area contributed by atoms with Gasteiger partial charge in [0, 0.05) is 10.9 Å². The lowest BCUT2D eigenvalue weighted by atomic mass is 10.00. The van der Waals surface area contributed by atoms with Gasteiger partial charge in [-0.3, -0.25) is 0 Å². The molecular formula is C14H23NOS. The second kappa shape index (κ2) is 6.53. The van der Waals surface area contributed by atoms with Gasteiger partial charge in [0.1, 0.15) is 0 Å². The number of hydrogen-bond donors (Lipinski definition) is 1. The lowest BCUT2D eigenvalue weighted by molar-refractivity contribution is -0.0419. The topological polar surface area (TPSA) is 21.3 Å². The number of ether oxygens (including phenoxy) is 1. The molecule has 2 atom stereocenters. The number of nitrogens with one attached hydrogen (secondary N) is 1. The first-order chi connectivity index (χ1) is 8.24. The minimum atomic E-state index is 0.411. The van der Waals surface area contributed by atoms with Crippen LogP contribution in [0, 0.1) is 0 Å². The van der Waals surface area contributed by atoms with Crippen molar-refractivity contribution in [3.63, 3.8) is 0 Å². The summed E-state index contributed by atoms with van der Waals surface area (Å²) in [6, 6.07) is 5.01. The van der Waals surface area contributed by atoms with Crippen molar-refractivity contribution in [3.8, 4) is 0 Å². The summed E-state index contributed by atoms with van der Waals surface area (Å²) in [5.41, 5.74) is 0. The van der Waals surface area contributed by atoms with Crippen LogP contribution in [-0.4, -0.2) is 24.8 Å². The molecule has 0 saturated carbocycles. The monoisotopic (exact) mass is 253 g/mol. The molecule has 1 aromatic rings. The van der Waals surface area contributed by atoms with Gasteiger partial charge < -0.3 is 10.1 Å². The normalized spacial score (nSPS) is 29.4. The van der Waals surface area contributed by atoms with Gasteiger partial charge in [-0.05, 0) is 57.5 Å². The molecule has 1 aromatic heterocycles. The summed E-state index contributed by atoms with van der Waals surface area (Å²) in [4.78, 5) is 1.50. The maximum atomic E-state index is 5.74.